The molecule has 100 valence electrons. The Balaban J connectivity index is 2.55. The lowest BCUT2D eigenvalue weighted by molar-refractivity contribution is -0.126. The van der Waals surface area contributed by atoms with Crippen molar-refractivity contribution in [3.05, 3.63) is 0 Å². The molecule has 1 amide bonds. The first-order chi connectivity index (χ1) is 7.82. The number of carbonyl (C=O) groups is 1. The molecule has 0 bridgehead atoms. The zero-order valence-electron chi connectivity index (χ0n) is 11.5. The monoisotopic (exact) mass is 242 g/mol. The molecule has 0 aliphatic heterocycles. The van der Waals surface area contributed by atoms with Crippen LogP contribution < -0.4 is 11.1 Å². The molecule has 1 fully saturated rings. The van der Waals surface area contributed by atoms with Crippen molar-refractivity contribution in [2.24, 2.45) is 11.7 Å². The fourth-order valence-electron chi connectivity index (χ4n) is 2.75. The molecular formula is C13H26N2O2. The average molecular weight is 242 g/mol. The van der Waals surface area contributed by atoms with E-state index in [4.69, 9.17) is 10.5 Å². The van der Waals surface area contributed by atoms with Crippen molar-refractivity contribution < 1.29 is 9.53 Å². The standard InChI is InChI=1S/C13H26N2O2/c1-12(2,3)17-9-7-10-6-5-8-13(10,15-4)11(14)16/h10,15H,5-9H2,1-4H3,(H2,14,16). The van der Waals surface area contributed by atoms with E-state index in [0.717, 1.165) is 25.7 Å². The van der Waals surface area contributed by atoms with Gasteiger partial charge in [0.15, 0.2) is 0 Å². The summed E-state index contributed by atoms with van der Waals surface area (Å²) in [6, 6.07) is 0. The summed E-state index contributed by atoms with van der Waals surface area (Å²) in [7, 11) is 1.83. The van der Waals surface area contributed by atoms with E-state index >= 15 is 0 Å². The third-order valence-electron chi connectivity index (χ3n) is 3.71. The van der Waals surface area contributed by atoms with Gasteiger partial charge in [-0.1, -0.05) is 6.42 Å². The minimum Gasteiger partial charge on any atom is -0.376 e. The van der Waals surface area contributed by atoms with Crippen molar-refractivity contribution in [1.29, 1.82) is 0 Å². The fourth-order valence-corrected chi connectivity index (χ4v) is 2.75. The summed E-state index contributed by atoms with van der Waals surface area (Å²) >= 11 is 0. The molecule has 0 radical (unpaired) electrons. The fraction of sp³-hybridized carbons (Fsp3) is 0.923. The first-order valence-corrected chi connectivity index (χ1v) is 6.44. The van der Waals surface area contributed by atoms with Crippen molar-refractivity contribution in [3.63, 3.8) is 0 Å². The van der Waals surface area contributed by atoms with Gasteiger partial charge < -0.3 is 15.8 Å². The summed E-state index contributed by atoms with van der Waals surface area (Å²) in [5.74, 6) is 0.0746. The SMILES string of the molecule is CNC1(C(N)=O)CCCC1CCOC(C)(C)C. The van der Waals surface area contributed by atoms with Crippen molar-refractivity contribution in [2.75, 3.05) is 13.7 Å². The molecule has 0 aromatic heterocycles. The van der Waals surface area contributed by atoms with E-state index in [1.165, 1.54) is 0 Å². The minimum atomic E-state index is -0.513. The number of ether oxygens (including phenoxy) is 1. The molecule has 0 aromatic carbocycles. The van der Waals surface area contributed by atoms with Crippen LogP contribution in [0.25, 0.3) is 0 Å². The van der Waals surface area contributed by atoms with Gasteiger partial charge in [-0.05, 0) is 53.0 Å². The Bertz CT molecular complexity index is 273. The molecule has 17 heavy (non-hydrogen) atoms. The van der Waals surface area contributed by atoms with Crippen LogP contribution in [0.4, 0.5) is 0 Å². The maximum absolute atomic E-state index is 11.6. The molecule has 0 aromatic rings. The van der Waals surface area contributed by atoms with Crippen LogP contribution in [-0.2, 0) is 9.53 Å². The Morgan fingerprint density at radius 3 is 2.65 bits per heavy atom. The van der Waals surface area contributed by atoms with Crippen LogP contribution in [-0.4, -0.2) is 30.7 Å². The van der Waals surface area contributed by atoms with E-state index in [-0.39, 0.29) is 11.5 Å². The molecule has 0 heterocycles. The summed E-state index contributed by atoms with van der Waals surface area (Å²) in [5.41, 5.74) is 4.92. The maximum Gasteiger partial charge on any atom is 0.238 e. The lowest BCUT2D eigenvalue weighted by Gasteiger charge is -2.32. The molecule has 2 unspecified atom stereocenters. The van der Waals surface area contributed by atoms with E-state index in [1.54, 1.807) is 0 Å². The number of primary amides is 1. The highest BCUT2D eigenvalue weighted by Crippen LogP contribution is 2.37. The van der Waals surface area contributed by atoms with Gasteiger partial charge in [0.1, 0.15) is 5.54 Å². The van der Waals surface area contributed by atoms with Crippen molar-refractivity contribution in [1.82, 2.24) is 5.32 Å². The second-order valence-electron chi connectivity index (χ2n) is 5.92. The zero-order valence-corrected chi connectivity index (χ0v) is 11.5. The topological polar surface area (TPSA) is 64.3 Å². The highest BCUT2D eigenvalue weighted by molar-refractivity contribution is 5.85. The molecule has 4 nitrogen and oxygen atoms in total. The van der Waals surface area contributed by atoms with Gasteiger partial charge >= 0.3 is 0 Å². The summed E-state index contributed by atoms with van der Waals surface area (Å²) in [4.78, 5) is 11.6. The molecule has 0 saturated heterocycles. The number of nitrogens with one attached hydrogen (secondary N) is 1. The van der Waals surface area contributed by atoms with Crippen molar-refractivity contribution >= 4 is 5.91 Å². The van der Waals surface area contributed by atoms with Gasteiger partial charge in [-0.3, -0.25) is 4.79 Å². The molecule has 3 N–H and O–H groups in total. The van der Waals surface area contributed by atoms with Crippen LogP contribution in [0, 0.1) is 5.92 Å². The normalized spacial score (nSPS) is 29.5. The summed E-state index contributed by atoms with van der Waals surface area (Å²) in [6.45, 7) is 6.81. The number of amides is 1. The molecular weight excluding hydrogens is 216 g/mol. The first kappa shape index (κ1) is 14.5. The average Bonchev–Trinajstić information content (AvgIpc) is 2.60. The summed E-state index contributed by atoms with van der Waals surface area (Å²) in [5, 5.41) is 3.14. The van der Waals surface area contributed by atoms with Gasteiger partial charge in [-0.15, -0.1) is 0 Å². The summed E-state index contributed by atoms with van der Waals surface area (Å²) < 4.78 is 5.73. The van der Waals surface area contributed by atoms with Crippen LogP contribution in [0.3, 0.4) is 0 Å². The van der Waals surface area contributed by atoms with Gasteiger partial charge in [0.2, 0.25) is 5.91 Å². The molecule has 1 aliphatic rings. The number of nitrogens with two attached hydrogens (primary N) is 1. The van der Waals surface area contributed by atoms with E-state index in [1.807, 2.05) is 27.8 Å². The first-order valence-electron chi connectivity index (χ1n) is 6.44. The lowest BCUT2D eigenvalue weighted by Crippen LogP contribution is -2.56. The molecule has 1 saturated carbocycles. The molecule has 2 atom stereocenters. The van der Waals surface area contributed by atoms with E-state index in [9.17, 15) is 4.79 Å². The molecule has 0 spiro atoms. The second-order valence-corrected chi connectivity index (χ2v) is 5.92. The van der Waals surface area contributed by atoms with Crippen LogP contribution in [0.2, 0.25) is 0 Å². The Labute approximate surface area is 104 Å². The Morgan fingerprint density at radius 2 is 2.18 bits per heavy atom. The molecule has 1 aliphatic carbocycles. The van der Waals surface area contributed by atoms with Crippen LogP contribution in [0.15, 0.2) is 0 Å². The number of hydrogen-bond donors (Lipinski definition) is 2. The molecule has 1 rings (SSSR count). The zero-order chi connectivity index (χ0) is 13.1. The number of likely N-dealkylation sites (N-methyl/N-ethyl adjacent to an activating group) is 1. The van der Waals surface area contributed by atoms with Crippen LogP contribution >= 0.6 is 0 Å². The van der Waals surface area contributed by atoms with Crippen molar-refractivity contribution in [2.45, 2.75) is 57.6 Å². The number of hydrogen-bond acceptors (Lipinski definition) is 3. The highest BCUT2D eigenvalue weighted by atomic mass is 16.5. The maximum atomic E-state index is 11.6. The largest absolute Gasteiger partial charge is 0.376 e. The van der Waals surface area contributed by atoms with Crippen LogP contribution in [0.5, 0.6) is 0 Å². The molecule has 4 heteroatoms. The number of carbonyl (C=O) groups excluding carboxylic acids is 1. The van der Waals surface area contributed by atoms with E-state index < -0.39 is 5.54 Å². The third-order valence-corrected chi connectivity index (χ3v) is 3.71. The second kappa shape index (κ2) is 5.36. The van der Waals surface area contributed by atoms with Crippen LogP contribution in [0.1, 0.15) is 46.5 Å². The lowest BCUT2D eigenvalue weighted by atomic mass is 9.84. The third kappa shape index (κ3) is 3.42. The van der Waals surface area contributed by atoms with E-state index in [2.05, 4.69) is 5.32 Å². The number of rotatable bonds is 5. The van der Waals surface area contributed by atoms with Crippen molar-refractivity contribution in [3.8, 4) is 0 Å². The Morgan fingerprint density at radius 1 is 1.53 bits per heavy atom. The Hall–Kier alpha value is -0.610. The highest BCUT2D eigenvalue weighted by Gasteiger charge is 2.46. The van der Waals surface area contributed by atoms with E-state index in [0.29, 0.717) is 12.5 Å². The quantitative estimate of drug-likeness (QED) is 0.766. The van der Waals surface area contributed by atoms with Gasteiger partial charge in [-0.25, -0.2) is 0 Å². The minimum absolute atomic E-state index is 0.117. The van der Waals surface area contributed by atoms with Gasteiger partial charge in [0.05, 0.1) is 5.60 Å². The predicted octanol–water partition coefficient (Wildman–Crippen LogP) is 1.44. The summed E-state index contributed by atoms with van der Waals surface area (Å²) in [6.07, 6.45) is 3.85. The smallest absolute Gasteiger partial charge is 0.238 e. The van der Waals surface area contributed by atoms with Gasteiger partial charge in [0.25, 0.3) is 0 Å². The van der Waals surface area contributed by atoms with Gasteiger partial charge in [-0.2, -0.15) is 0 Å². The van der Waals surface area contributed by atoms with Gasteiger partial charge in [0, 0.05) is 6.61 Å². The predicted molar refractivity (Wildman–Crippen MR) is 68.6 cm³/mol. The Kier molecular flexibility index (Phi) is 4.55.